The standard InChI is InChI=1S/C17H18ClNO4/c1-22-13-6-3-11(4-7-13)16(18)17(21)19-10-12-5-8-14(23-2)9-15(12)20/h3-9,16,20H,10H2,1-2H3,(H,19,21). The third kappa shape index (κ3) is 4.29. The Morgan fingerprint density at radius 1 is 1.13 bits per heavy atom. The molecule has 2 N–H and O–H groups in total. The molecule has 5 nitrogen and oxygen atoms in total. The predicted molar refractivity (Wildman–Crippen MR) is 88.1 cm³/mol. The van der Waals surface area contributed by atoms with Gasteiger partial charge in [0.15, 0.2) is 0 Å². The van der Waals surface area contributed by atoms with Crippen LogP contribution in [0, 0.1) is 0 Å². The van der Waals surface area contributed by atoms with Gasteiger partial charge in [0.25, 0.3) is 0 Å². The highest BCUT2D eigenvalue weighted by Crippen LogP contribution is 2.25. The van der Waals surface area contributed by atoms with Gasteiger partial charge in [-0.2, -0.15) is 0 Å². The van der Waals surface area contributed by atoms with Gasteiger partial charge in [-0.15, -0.1) is 11.6 Å². The second-order valence-corrected chi connectivity index (χ2v) is 5.28. The number of halogens is 1. The van der Waals surface area contributed by atoms with Gasteiger partial charge in [-0.25, -0.2) is 0 Å². The second-order valence-electron chi connectivity index (χ2n) is 4.85. The zero-order valence-electron chi connectivity index (χ0n) is 12.9. The summed E-state index contributed by atoms with van der Waals surface area (Å²) in [4.78, 5) is 12.1. The van der Waals surface area contributed by atoms with Crippen LogP contribution >= 0.6 is 11.6 Å². The SMILES string of the molecule is COc1ccc(C(Cl)C(=O)NCc2ccc(OC)cc2O)cc1. The van der Waals surface area contributed by atoms with E-state index < -0.39 is 5.38 Å². The number of hydrogen-bond acceptors (Lipinski definition) is 4. The highest BCUT2D eigenvalue weighted by molar-refractivity contribution is 6.30. The average molecular weight is 336 g/mol. The van der Waals surface area contributed by atoms with E-state index in [0.29, 0.717) is 22.6 Å². The minimum atomic E-state index is -0.818. The summed E-state index contributed by atoms with van der Waals surface area (Å²) >= 11 is 6.17. The summed E-state index contributed by atoms with van der Waals surface area (Å²) in [5.41, 5.74) is 1.25. The van der Waals surface area contributed by atoms with Crippen LogP contribution < -0.4 is 14.8 Å². The molecule has 0 saturated carbocycles. The number of aromatic hydroxyl groups is 1. The van der Waals surface area contributed by atoms with Crippen LogP contribution in [-0.4, -0.2) is 25.2 Å². The lowest BCUT2D eigenvalue weighted by atomic mass is 10.1. The van der Waals surface area contributed by atoms with E-state index in [0.717, 1.165) is 0 Å². The predicted octanol–water partition coefficient (Wildman–Crippen LogP) is 3.01. The molecule has 2 aromatic carbocycles. The Kier molecular flexibility index (Phi) is 5.71. The molecule has 0 aliphatic heterocycles. The Bertz CT molecular complexity index is 673. The lowest BCUT2D eigenvalue weighted by Gasteiger charge is -2.12. The van der Waals surface area contributed by atoms with Crippen LogP contribution in [0.5, 0.6) is 17.2 Å². The summed E-state index contributed by atoms with van der Waals surface area (Å²) < 4.78 is 10.1. The van der Waals surface area contributed by atoms with Gasteiger partial charge in [-0.3, -0.25) is 4.79 Å². The molecular formula is C17H18ClNO4. The number of carbonyl (C=O) groups is 1. The van der Waals surface area contributed by atoms with Crippen LogP contribution in [0.2, 0.25) is 0 Å². The molecule has 23 heavy (non-hydrogen) atoms. The molecule has 2 aromatic rings. The van der Waals surface area contributed by atoms with Crippen molar-refractivity contribution in [3.63, 3.8) is 0 Å². The fourth-order valence-corrected chi connectivity index (χ4v) is 2.24. The number of nitrogens with one attached hydrogen (secondary N) is 1. The molecule has 122 valence electrons. The van der Waals surface area contributed by atoms with Gasteiger partial charge in [0.2, 0.25) is 5.91 Å². The number of phenols is 1. The molecule has 6 heteroatoms. The summed E-state index contributed by atoms with van der Waals surface area (Å²) in [5.74, 6) is 0.958. The van der Waals surface area contributed by atoms with Crippen LogP contribution in [-0.2, 0) is 11.3 Å². The molecule has 0 heterocycles. The number of amides is 1. The fraction of sp³-hybridized carbons (Fsp3) is 0.235. The van der Waals surface area contributed by atoms with Crippen LogP contribution in [0.25, 0.3) is 0 Å². The third-order valence-electron chi connectivity index (χ3n) is 3.38. The fourth-order valence-electron chi connectivity index (χ4n) is 2.02. The molecule has 0 aliphatic carbocycles. The van der Waals surface area contributed by atoms with Crippen molar-refractivity contribution in [2.24, 2.45) is 0 Å². The van der Waals surface area contributed by atoms with Crippen LogP contribution in [0.1, 0.15) is 16.5 Å². The number of ether oxygens (including phenoxy) is 2. The Morgan fingerprint density at radius 2 is 1.74 bits per heavy atom. The number of carbonyl (C=O) groups excluding carboxylic acids is 1. The van der Waals surface area contributed by atoms with Gasteiger partial charge in [0.1, 0.15) is 22.6 Å². The quantitative estimate of drug-likeness (QED) is 0.796. The summed E-state index contributed by atoms with van der Waals surface area (Å²) in [6.45, 7) is 0.175. The van der Waals surface area contributed by atoms with Crippen LogP contribution in [0.3, 0.4) is 0 Å². The van der Waals surface area contributed by atoms with Crippen molar-refractivity contribution in [1.82, 2.24) is 5.32 Å². The third-order valence-corrected chi connectivity index (χ3v) is 3.83. The minimum Gasteiger partial charge on any atom is -0.507 e. The molecule has 0 fully saturated rings. The van der Waals surface area contributed by atoms with E-state index >= 15 is 0 Å². The van der Waals surface area contributed by atoms with Crippen molar-refractivity contribution in [2.75, 3.05) is 14.2 Å². The van der Waals surface area contributed by atoms with E-state index in [-0.39, 0.29) is 18.2 Å². The van der Waals surface area contributed by atoms with Crippen LogP contribution in [0.4, 0.5) is 0 Å². The molecule has 1 unspecified atom stereocenters. The molecule has 0 radical (unpaired) electrons. The largest absolute Gasteiger partial charge is 0.507 e. The molecule has 0 spiro atoms. The monoisotopic (exact) mass is 335 g/mol. The summed E-state index contributed by atoms with van der Waals surface area (Å²) in [6.07, 6.45) is 0. The summed E-state index contributed by atoms with van der Waals surface area (Å²) in [6, 6.07) is 11.8. The van der Waals surface area contributed by atoms with Crippen molar-refractivity contribution in [3.05, 3.63) is 53.6 Å². The Balaban J connectivity index is 1.98. The van der Waals surface area contributed by atoms with Crippen molar-refractivity contribution in [1.29, 1.82) is 0 Å². The first-order valence-electron chi connectivity index (χ1n) is 6.96. The number of hydrogen-bond donors (Lipinski definition) is 2. The number of methoxy groups -OCH3 is 2. The zero-order chi connectivity index (χ0) is 16.8. The lowest BCUT2D eigenvalue weighted by Crippen LogP contribution is -2.26. The first-order chi connectivity index (χ1) is 11.0. The highest BCUT2D eigenvalue weighted by atomic mass is 35.5. The molecule has 0 saturated heterocycles. The van der Waals surface area contributed by atoms with Gasteiger partial charge in [-0.05, 0) is 29.8 Å². The van der Waals surface area contributed by atoms with Crippen molar-refractivity contribution in [2.45, 2.75) is 11.9 Å². The highest BCUT2D eigenvalue weighted by Gasteiger charge is 2.17. The first kappa shape index (κ1) is 17.0. The normalized spacial score (nSPS) is 11.6. The van der Waals surface area contributed by atoms with Gasteiger partial charge in [0.05, 0.1) is 14.2 Å². The molecular weight excluding hydrogens is 318 g/mol. The van der Waals surface area contributed by atoms with Gasteiger partial charge in [-0.1, -0.05) is 12.1 Å². The lowest BCUT2D eigenvalue weighted by molar-refractivity contribution is -0.121. The Labute approximate surface area is 139 Å². The van der Waals surface area contributed by atoms with E-state index in [1.807, 2.05) is 0 Å². The molecule has 1 amide bonds. The number of benzene rings is 2. The van der Waals surface area contributed by atoms with Gasteiger partial charge >= 0.3 is 0 Å². The smallest absolute Gasteiger partial charge is 0.242 e. The molecule has 0 aliphatic rings. The van der Waals surface area contributed by atoms with Crippen molar-refractivity contribution < 1.29 is 19.4 Å². The molecule has 0 bridgehead atoms. The zero-order valence-corrected chi connectivity index (χ0v) is 13.6. The Hall–Kier alpha value is -2.40. The van der Waals surface area contributed by atoms with E-state index in [1.54, 1.807) is 43.5 Å². The van der Waals surface area contributed by atoms with Gasteiger partial charge in [0, 0.05) is 18.2 Å². The number of rotatable bonds is 6. The van der Waals surface area contributed by atoms with E-state index in [1.165, 1.54) is 13.2 Å². The summed E-state index contributed by atoms with van der Waals surface area (Å²) in [7, 11) is 3.09. The minimum absolute atomic E-state index is 0.0558. The number of alkyl halides is 1. The first-order valence-corrected chi connectivity index (χ1v) is 7.40. The van der Waals surface area contributed by atoms with E-state index in [9.17, 15) is 9.90 Å². The second kappa shape index (κ2) is 7.74. The maximum Gasteiger partial charge on any atom is 0.242 e. The van der Waals surface area contributed by atoms with E-state index in [2.05, 4.69) is 5.32 Å². The average Bonchev–Trinajstić information content (AvgIpc) is 2.59. The van der Waals surface area contributed by atoms with Crippen molar-refractivity contribution in [3.8, 4) is 17.2 Å². The molecule has 1 atom stereocenters. The maximum absolute atomic E-state index is 12.1. The van der Waals surface area contributed by atoms with Crippen molar-refractivity contribution >= 4 is 17.5 Å². The number of phenolic OH excluding ortho intramolecular Hbond substituents is 1. The molecule has 0 aromatic heterocycles. The summed E-state index contributed by atoms with van der Waals surface area (Å²) in [5, 5.41) is 11.8. The Morgan fingerprint density at radius 3 is 2.30 bits per heavy atom. The van der Waals surface area contributed by atoms with E-state index in [4.69, 9.17) is 21.1 Å². The van der Waals surface area contributed by atoms with Gasteiger partial charge < -0.3 is 19.9 Å². The van der Waals surface area contributed by atoms with Crippen LogP contribution in [0.15, 0.2) is 42.5 Å². The maximum atomic E-state index is 12.1. The topological polar surface area (TPSA) is 67.8 Å². The molecule has 2 rings (SSSR count).